The van der Waals surface area contributed by atoms with Gasteiger partial charge in [0.2, 0.25) is 0 Å². The first-order chi connectivity index (χ1) is 9.63. The topological polar surface area (TPSA) is 63.6 Å². The monoisotopic (exact) mass is 286 g/mol. The van der Waals surface area contributed by atoms with Crippen molar-refractivity contribution in [2.45, 2.75) is 78.1 Å². The second-order valence-corrected chi connectivity index (χ2v) is 5.32. The molecule has 20 heavy (non-hydrogen) atoms. The molecular formula is C16H30O4. The number of carboxylic acid groups (broad SMARTS) is 1. The predicted octanol–water partition coefficient (Wildman–Crippen LogP) is 4.17. The molecule has 0 aliphatic rings. The lowest BCUT2D eigenvalue weighted by molar-refractivity contribution is -0.159. The molecule has 0 spiro atoms. The van der Waals surface area contributed by atoms with E-state index in [1.807, 2.05) is 6.92 Å². The van der Waals surface area contributed by atoms with E-state index >= 15 is 0 Å². The summed E-state index contributed by atoms with van der Waals surface area (Å²) in [6.07, 6.45) is 9.83. The highest BCUT2D eigenvalue weighted by Gasteiger charge is 2.26. The fourth-order valence-electron chi connectivity index (χ4n) is 2.10. The molecule has 4 nitrogen and oxygen atoms in total. The van der Waals surface area contributed by atoms with E-state index in [-0.39, 0.29) is 0 Å². The van der Waals surface area contributed by atoms with Crippen LogP contribution in [0.5, 0.6) is 0 Å². The number of esters is 1. The molecule has 1 unspecified atom stereocenters. The number of carbonyl (C=O) groups is 2. The average molecular weight is 286 g/mol. The highest BCUT2D eigenvalue weighted by Crippen LogP contribution is 2.13. The Bertz CT molecular complexity index is 263. The van der Waals surface area contributed by atoms with Crippen molar-refractivity contribution in [1.29, 1.82) is 0 Å². The third-order valence-electron chi connectivity index (χ3n) is 3.42. The summed E-state index contributed by atoms with van der Waals surface area (Å²) >= 11 is 0. The maximum Gasteiger partial charge on any atom is 0.320 e. The largest absolute Gasteiger partial charge is 0.481 e. The number of aliphatic carboxylic acids is 1. The van der Waals surface area contributed by atoms with Crippen molar-refractivity contribution in [2.75, 3.05) is 6.61 Å². The lowest BCUT2D eigenvalue weighted by atomic mass is 10.0. The fourth-order valence-corrected chi connectivity index (χ4v) is 2.10. The van der Waals surface area contributed by atoms with Gasteiger partial charge in [-0.2, -0.15) is 0 Å². The Hall–Kier alpha value is -1.06. The Morgan fingerprint density at radius 1 is 0.900 bits per heavy atom. The van der Waals surface area contributed by atoms with Crippen molar-refractivity contribution >= 4 is 11.9 Å². The first kappa shape index (κ1) is 18.9. The second kappa shape index (κ2) is 12.9. The number of unbranched alkanes of at least 4 members (excludes halogenated alkanes) is 7. The minimum Gasteiger partial charge on any atom is -0.481 e. The standard InChI is InChI=1S/C16H30O4/c1-3-5-7-8-9-11-13-20-16(19)14(15(17)18)12-10-6-4-2/h14H,3-13H2,1-2H3,(H,17,18). The van der Waals surface area contributed by atoms with Gasteiger partial charge in [-0.1, -0.05) is 65.2 Å². The molecule has 0 aliphatic carbocycles. The normalized spacial score (nSPS) is 12.1. The first-order valence-corrected chi connectivity index (χ1v) is 8.02. The fraction of sp³-hybridized carbons (Fsp3) is 0.875. The molecule has 1 atom stereocenters. The van der Waals surface area contributed by atoms with Crippen LogP contribution in [0.1, 0.15) is 78.1 Å². The molecule has 0 aromatic heterocycles. The summed E-state index contributed by atoms with van der Waals surface area (Å²) in [6.45, 7) is 4.57. The van der Waals surface area contributed by atoms with E-state index < -0.39 is 17.9 Å². The van der Waals surface area contributed by atoms with Gasteiger partial charge >= 0.3 is 11.9 Å². The van der Waals surface area contributed by atoms with Gasteiger partial charge in [0.05, 0.1) is 6.61 Å². The van der Waals surface area contributed by atoms with Gasteiger partial charge in [0.1, 0.15) is 0 Å². The number of rotatable bonds is 13. The van der Waals surface area contributed by atoms with Crippen molar-refractivity contribution in [2.24, 2.45) is 5.92 Å². The number of hydrogen-bond donors (Lipinski definition) is 1. The summed E-state index contributed by atoms with van der Waals surface area (Å²) in [5.41, 5.74) is 0. The first-order valence-electron chi connectivity index (χ1n) is 8.02. The molecule has 0 bridgehead atoms. The Morgan fingerprint density at radius 2 is 1.45 bits per heavy atom. The van der Waals surface area contributed by atoms with Crippen LogP contribution in [-0.2, 0) is 14.3 Å². The quantitative estimate of drug-likeness (QED) is 0.313. The van der Waals surface area contributed by atoms with Gasteiger partial charge in [0.15, 0.2) is 5.92 Å². The van der Waals surface area contributed by atoms with E-state index in [2.05, 4.69) is 6.92 Å². The lowest BCUT2D eigenvalue weighted by Gasteiger charge is -2.11. The van der Waals surface area contributed by atoms with Crippen LogP contribution in [0, 0.1) is 5.92 Å². The minimum absolute atomic E-state index is 0.350. The lowest BCUT2D eigenvalue weighted by Crippen LogP contribution is -2.26. The van der Waals surface area contributed by atoms with E-state index in [9.17, 15) is 9.59 Å². The van der Waals surface area contributed by atoms with Gasteiger partial charge in [0.25, 0.3) is 0 Å². The van der Waals surface area contributed by atoms with E-state index in [0.29, 0.717) is 13.0 Å². The van der Waals surface area contributed by atoms with Gasteiger partial charge < -0.3 is 9.84 Å². The van der Waals surface area contributed by atoms with Gasteiger partial charge in [-0.05, 0) is 12.8 Å². The molecule has 0 saturated carbocycles. The molecule has 0 heterocycles. The molecule has 0 aromatic carbocycles. The average Bonchev–Trinajstić information content (AvgIpc) is 2.42. The van der Waals surface area contributed by atoms with Gasteiger partial charge in [-0.15, -0.1) is 0 Å². The number of ether oxygens (including phenoxy) is 1. The molecule has 0 rings (SSSR count). The number of carbonyl (C=O) groups excluding carboxylic acids is 1. The molecule has 0 aliphatic heterocycles. The third kappa shape index (κ3) is 9.82. The van der Waals surface area contributed by atoms with Crippen LogP contribution >= 0.6 is 0 Å². The van der Waals surface area contributed by atoms with Crippen LogP contribution in [0.2, 0.25) is 0 Å². The summed E-state index contributed by atoms with van der Waals surface area (Å²) in [5.74, 6) is -2.61. The Morgan fingerprint density at radius 3 is 2.05 bits per heavy atom. The number of hydrogen-bond acceptors (Lipinski definition) is 3. The highest BCUT2D eigenvalue weighted by molar-refractivity contribution is 5.93. The van der Waals surface area contributed by atoms with Crippen molar-refractivity contribution in [3.05, 3.63) is 0 Å². The highest BCUT2D eigenvalue weighted by atomic mass is 16.5. The molecule has 4 heteroatoms. The summed E-state index contributed by atoms with van der Waals surface area (Å²) in [7, 11) is 0. The summed E-state index contributed by atoms with van der Waals surface area (Å²) in [6, 6.07) is 0. The van der Waals surface area contributed by atoms with Crippen LogP contribution in [0.25, 0.3) is 0 Å². The summed E-state index contributed by atoms with van der Waals surface area (Å²) in [5, 5.41) is 9.04. The second-order valence-electron chi connectivity index (χ2n) is 5.32. The zero-order chi connectivity index (χ0) is 15.2. The molecule has 0 radical (unpaired) electrons. The maximum absolute atomic E-state index is 11.7. The third-order valence-corrected chi connectivity index (χ3v) is 3.42. The zero-order valence-corrected chi connectivity index (χ0v) is 13.0. The van der Waals surface area contributed by atoms with Crippen molar-refractivity contribution in [3.63, 3.8) is 0 Å². The van der Waals surface area contributed by atoms with E-state index in [4.69, 9.17) is 9.84 Å². The van der Waals surface area contributed by atoms with Crippen LogP contribution < -0.4 is 0 Å². The van der Waals surface area contributed by atoms with Gasteiger partial charge in [0, 0.05) is 0 Å². The molecule has 0 aromatic rings. The molecule has 0 amide bonds. The van der Waals surface area contributed by atoms with E-state index in [1.165, 1.54) is 19.3 Å². The minimum atomic E-state index is -1.06. The summed E-state index contributed by atoms with van der Waals surface area (Å²) in [4.78, 5) is 22.8. The molecular weight excluding hydrogens is 256 g/mol. The molecule has 0 fully saturated rings. The van der Waals surface area contributed by atoms with Gasteiger partial charge in [-0.3, -0.25) is 9.59 Å². The Labute approximate surface area is 122 Å². The van der Waals surface area contributed by atoms with Crippen LogP contribution in [0.15, 0.2) is 0 Å². The number of carboxylic acids is 1. The zero-order valence-electron chi connectivity index (χ0n) is 13.0. The molecule has 1 N–H and O–H groups in total. The van der Waals surface area contributed by atoms with E-state index in [1.54, 1.807) is 0 Å². The Balaban J connectivity index is 3.76. The predicted molar refractivity (Wildman–Crippen MR) is 79.6 cm³/mol. The van der Waals surface area contributed by atoms with Gasteiger partial charge in [-0.25, -0.2) is 0 Å². The van der Waals surface area contributed by atoms with Crippen molar-refractivity contribution < 1.29 is 19.4 Å². The Kier molecular flexibility index (Phi) is 12.3. The van der Waals surface area contributed by atoms with Crippen molar-refractivity contribution in [1.82, 2.24) is 0 Å². The molecule has 118 valence electrons. The van der Waals surface area contributed by atoms with Crippen LogP contribution in [0.3, 0.4) is 0 Å². The SMILES string of the molecule is CCCCCCCCOC(=O)C(CCCCC)C(=O)O. The van der Waals surface area contributed by atoms with E-state index in [0.717, 1.165) is 38.5 Å². The maximum atomic E-state index is 11.7. The van der Waals surface area contributed by atoms with Crippen molar-refractivity contribution in [3.8, 4) is 0 Å². The smallest absolute Gasteiger partial charge is 0.320 e. The van der Waals surface area contributed by atoms with Crippen LogP contribution in [0.4, 0.5) is 0 Å². The summed E-state index contributed by atoms with van der Waals surface area (Å²) < 4.78 is 5.08. The molecule has 0 saturated heterocycles. The van der Waals surface area contributed by atoms with Crippen LogP contribution in [-0.4, -0.2) is 23.7 Å².